The summed E-state index contributed by atoms with van der Waals surface area (Å²) < 4.78 is 68.8. The summed E-state index contributed by atoms with van der Waals surface area (Å²) in [7, 11) is -9.92. The molecular weight excluding hydrogens is 1340 g/mol. The van der Waals surface area contributed by atoms with Crippen LogP contribution in [0.4, 0.5) is 0 Å². The van der Waals surface area contributed by atoms with Crippen LogP contribution in [0.1, 0.15) is 434 Å². The molecular formula is C84H164O17P2. The van der Waals surface area contributed by atoms with Crippen LogP contribution < -0.4 is 0 Å². The second-order valence-electron chi connectivity index (χ2n) is 32.1. The Morgan fingerprint density at radius 3 is 0.602 bits per heavy atom. The molecule has 0 saturated carbocycles. The molecule has 17 nitrogen and oxygen atoms in total. The van der Waals surface area contributed by atoms with Crippen LogP contribution in [0.2, 0.25) is 0 Å². The van der Waals surface area contributed by atoms with Gasteiger partial charge in [-0.05, 0) is 49.4 Å². The minimum absolute atomic E-state index is 0.106. The van der Waals surface area contributed by atoms with Crippen molar-refractivity contribution in [3.63, 3.8) is 0 Å². The highest BCUT2D eigenvalue weighted by Crippen LogP contribution is 2.45. The Labute approximate surface area is 632 Å². The molecule has 0 spiro atoms. The van der Waals surface area contributed by atoms with Crippen LogP contribution in [0.3, 0.4) is 0 Å². The lowest BCUT2D eigenvalue weighted by Gasteiger charge is -2.21. The smallest absolute Gasteiger partial charge is 0.462 e. The van der Waals surface area contributed by atoms with Crippen molar-refractivity contribution in [3.05, 3.63) is 0 Å². The molecule has 0 fully saturated rings. The zero-order valence-electron chi connectivity index (χ0n) is 68.0. The molecule has 5 atom stereocenters. The average molecular weight is 1510 g/mol. The molecule has 0 aliphatic carbocycles. The molecule has 0 aromatic rings. The second-order valence-corrected chi connectivity index (χ2v) is 35.0. The first-order valence-electron chi connectivity index (χ1n) is 43.2. The Balaban J connectivity index is 5.22. The summed E-state index contributed by atoms with van der Waals surface area (Å²) >= 11 is 0. The van der Waals surface area contributed by atoms with Crippen LogP contribution >= 0.6 is 15.6 Å². The summed E-state index contributed by atoms with van der Waals surface area (Å²) in [6, 6.07) is 0. The number of hydrogen-bond acceptors (Lipinski definition) is 15. The van der Waals surface area contributed by atoms with Gasteiger partial charge in [0.15, 0.2) is 12.2 Å². The van der Waals surface area contributed by atoms with E-state index in [0.717, 1.165) is 114 Å². The van der Waals surface area contributed by atoms with E-state index in [0.29, 0.717) is 31.6 Å². The van der Waals surface area contributed by atoms with Crippen LogP contribution in [-0.4, -0.2) is 96.7 Å². The van der Waals surface area contributed by atoms with Crippen molar-refractivity contribution in [1.82, 2.24) is 0 Å². The van der Waals surface area contributed by atoms with Gasteiger partial charge in [-0.25, -0.2) is 9.13 Å². The molecule has 0 saturated heterocycles. The largest absolute Gasteiger partial charge is 0.472 e. The van der Waals surface area contributed by atoms with Crippen molar-refractivity contribution < 1.29 is 80.2 Å². The number of ether oxygens (including phenoxy) is 4. The van der Waals surface area contributed by atoms with Crippen molar-refractivity contribution in [1.29, 1.82) is 0 Å². The van der Waals surface area contributed by atoms with Gasteiger partial charge in [-0.3, -0.25) is 37.3 Å². The summed E-state index contributed by atoms with van der Waals surface area (Å²) in [4.78, 5) is 73.1. The van der Waals surface area contributed by atoms with Gasteiger partial charge in [0.2, 0.25) is 0 Å². The lowest BCUT2D eigenvalue weighted by Crippen LogP contribution is -2.30. The van der Waals surface area contributed by atoms with Gasteiger partial charge in [0.05, 0.1) is 26.4 Å². The third-order valence-electron chi connectivity index (χ3n) is 19.6. The van der Waals surface area contributed by atoms with Crippen LogP contribution in [0.25, 0.3) is 0 Å². The third kappa shape index (κ3) is 78.0. The summed E-state index contributed by atoms with van der Waals surface area (Å²) in [6.45, 7) is 14.3. The van der Waals surface area contributed by atoms with Gasteiger partial charge in [-0.1, -0.05) is 383 Å². The van der Waals surface area contributed by atoms with Crippen LogP contribution in [0.5, 0.6) is 0 Å². The Hall–Kier alpha value is -1.94. The summed E-state index contributed by atoms with van der Waals surface area (Å²) in [5, 5.41) is 10.7. The van der Waals surface area contributed by atoms with Crippen molar-refractivity contribution in [2.24, 2.45) is 23.7 Å². The lowest BCUT2D eigenvalue weighted by atomic mass is 10.0. The maximum absolute atomic E-state index is 13.1. The molecule has 0 radical (unpaired) electrons. The van der Waals surface area contributed by atoms with Gasteiger partial charge >= 0.3 is 39.5 Å². The van der Waals surface area contributed by atoms with Crippen molar-refractivity contribution >= 4 is 39.5 Å². The van der Waals surface area contributed by atoms with E-state index in [9.17, 15) is 43.2 Å². The predicted molar refractivity (Wildman–Crippen MR) is 423 cm³/mol. The second kappa shape index (κ2) is 72.9. The molecule has 103 heavy (non-hydrogen) atoms. The van der Waals surface area contributed by atoms with E-state index in [-0.39, 0.29) is 25.7 Å². The van der Waals surface area contributed by atoms with E-state index in [1.54, 1.807) is 0 Å². The highest BCUT2D eigenvalue weighted by molar-refractivity contribution is 7.47. The molecule has 19 heteroatoms. The third-order valence-corrected chi connectivity index (χ3v) is 21.5. The monoisotopic (exact) mass is 1510 g/mol. The standard InChI is InChI=1S/C84H164O17P2/c1-74(2)60-52-44-36-30-24-18-14-11-9-10-12-16-21-28-34-40-50-58-66-83(88)100-79(70-94-81(86)64-56-48-39-33-27-20-17-13-15-19-25-31-37-45-53-61-75(3)4)72-98-102(90,91)96-68-78(85)69-97-103(92,93)99-73-80(71-95-82(87)65-57-49-43-42-47-55-63-77(7)8)101-84(89)67-59-51-41-35-29-23-22-26-32-38-46-54-62-76(5)6/h74-80,85H,9-73H2,1-8H3,(H,90,91)(H,92,93)/t78-,79-,80-/m1/s1. The number of rotatable bonds is 81. The molecule has 0 amide bonds. The maximum atomic E-state index is 13.1. The van der Waals surface area contributed by atoms with Crippen molar-refractivity contribution in [3.8, 4) is 0 Å². The quantitative estimate of drug-likeness (QED) is 0.0222. The Morgan fingerprint density at radius 1 is 0.243 bits per heavy atom. The fourth-order valence-electron chi connectivity index (χ4n) is 13.0. The minimum Gasteiger partial charge on any atom is -0.462 e. The Kier molecular flexibility index (Phi) is 71.5. The van der Waals surface area contributed by atoms with Gasteiger partial charge in [-0.2, -0.15) is 0 Å². The minimum atomic E-state index is -4.97. The lowest BCUT2D eigenvalue weighted by molar-refractivity contribution is -0.161. The van der Waals surface area contributed by atoms with Crippen molar-refractivity contribution in [2.75, 3.05) is 39.6 Å². The van der Waals surface area contributed by atoms with E-state index in [1.165, 1.54) is 231 Å². The summed E-state index contributed by atoms with van der Waals surface area (Å²) in [6.07, 6.45) is 61.3. The van der Waals surface area contributed by atoms with Gasteiger partial charge in [0.1, 0.15) is 19.3 Å². The molecule has 612 valence electrons. The number of aliphatic hydroxyl groups is 1. The van der Waals surface area contributed by atoms with Crippen LogP contribution in [0.15, 0.2) is 0 Å². The fourth-order valence-corrected chi connectivity index (χ4v) is 14.5. The zero-order chi connectivity index (χ0) is 76.0. The molecule has 0 rings (SSSR count). The highest BCUT2D eigenvalue weighted by atomic mass is 31.2. The van der Waals surface area contributed by atoms with E-state index < -0.39 is 97.5 Å². The topological polar surface area (TPSA) is 237 Å². The van der Waals surface area contributed by atoms with E-state index in [2.05, 4.69) is 55.4 Å². The molecule has 3 N–H and O–H groups in total. The number of aliphatic hydroxyl groups excluding tert-OH is 1. The first kappa shape index (κ1) is 101. The van der Waals surface area contributed by atoms with Crippen LogP contribution in [-0.2, 0) is 65.4 Å². The molecule has 0 aliphatic heterocycles. The van der Waals surface area contributed by atoms with E-state index in [4.69, 9.17) is 37.0 Å². The van der Waals surface area contributed by atoms with Gasteiger partial charge in [0, 0.05) is 25.7 Å². The predicted octanol–water partition coefficient (Wildman–Crippen LogP) is 25.2. The Morgan fingerprint density at radius 2 is 0.408 bits per heavy atom. The number of carbonyl (C=O) groups excluding carboxylic acids is 4. The molecule has 2 unspecified atom stereocenters. The normalized spacial score (nSPS) is 14.0. The number of carbonyl (C=O) groups is 4. The zero-order valence-corrected chi connectivity index (χ0v) is 69.7. The first-order chi connectivity index (χ1) is 49.6. The number of phosphoric acid groups is 2. The first-order valence-corrected chi connectivity index (χ1v) is 46.2. The molecule has 0 aliphatic rings. The summed E-state index contributed by atoms with van der Waals surface area (Å²) in [5.74, 6) is 0.970. The van der Waals surface area contributed by atoms with Gasteiger partial charge < -0.3 is 33.8 Å². The van der Waals surface area contributed by atoms with E-state index >= 15 is 0 Å². The maximum Gasteiger partial charge on any atom is 0.472 e. The summed E-state index contributed by atoms with van der Waals surface area (Å²) in [5.41, 5.74) is 0. The number of unbranched alkanes of at least 4 members (excludes halogenated alkanes) is 47. The van der Waals surface area contributed by atoms with E-state index in [1.807, 2.05) is 0 Å². The van der Waals surface area contributed by atoms with Crippen LogP contribution in [0, 0.1) is 23.7 Å². The van der Waals surface area contributed by atoms with Crippen molar-refractivity contribution in [2.45, 2.75) is 453 Å². The molecule has 0 aromatic heterocycles. The number of hydrogen-bond donors (Lipinski definition) is 3. The molecule has 0 bridgehead atoms. The highest BCUT2D eigenvalue weighted by Gasteiger charge is 2.30. The molecule has 0 heterocycles. The van der Waals surface area contributed by atoms with Gasteiger partial charge in [-0.15, -0.1) is 0 Å². The number of esters is 4. The number of phosphoric ester groups is 2. The van der Waals surface area contributed by atoms with Gasteiger partial charge in [0.25, 0.3) is 0 Å². The Bertz CT molecular complexity index is 2010. The SMILES string of the molecule is CC(C)CCCCCCCCCCCCCCCCCCCCC(=O)O[C@H](COC(=O)CCCCCCCCCCCCCCCCCC(C)C)COP(=O)(O)OC[C@@H](O)COP(=O)(O)OC[C@@H](COC(=O)CCCCCCCCC(C)C)OC(=O)CCCCCCCCCCCCCCC(C)C. The average Bonchev–Trinajstić information content (AvgIpc) is 1.25. The molecule has 0 aromatic carbocycles. The fraction of sp³-hybridized carbons (Fsp3) is 0.952.